The standard InChI is InChI=1S/C73H140O6/c1-4-7-10-13-16-18-20-22-24-26-28-30-32-33-34-35-36-37-38-39-41-42-44-46-48-50-52-54-57-60-63-66-72(75)78-69-70(68-77-71(74)65-62-59-56-15-12-9-6-3)79-73(76)67-64-61-58-55-53-51-49-47-45-43-40-31-29-27-25-23-21-19-17-14-11-8-5-2/h26,28,70H,4-25,27,29-69H2,1-3H3/b28-26-. The molecule has 1 unspecified atom stereocenters. The number of esters is 3. The van der Waals surface area contributed by atoms with Crippen LogP contribution in [0.4, 0.5) is 0 Å². The first-order chi connectivity index (χ1) is 39.0. The van der Waals surface area contributed by atoms with Crippen molar-refractivity contribution in [2.75, 3.05) is 13.2 Å². The Morgan fingerprint density at radius 3 is 0.633 bits per heavy atom. The number of hydrogen-bond acceptors (Lipinski definition) is 6. The van der Waals surface area contributed by atoms with Gasteiger partial charge < -0.3 is 14.2 Å². The van der Waals surface area contributed by atoms with Crippen LogP contribution in [0.15, 0.2) is 12.2 Å². The van der Waals surface area contributed by atoms with Gasteiger partial charge in [0, 0.05) is 19.3 Å². The third-order valence-corrected chi connectivity index (χ3v) is 16.8. The highest BCUT2D eigenvalue weighted by Gasteiger charge is 2.19. The molecule has 6 nitrogen and oxygen atoms in total. The molecule has 0 heterocycles. The van der Waals surface area contributed by atoms with Crippen molar-refractivity contribution in [1.82, 2.24) is 0 Å². The zero-order valence-electron chi connectivity index (χ0n) is 53.9. The summed E-state index contributed by atoms with van der Waals surface area (Å²) in [5.41, 5.74) is 0. The molecule has 0 fully saturated rings. The van der Waals surface area contributed by atoms with Gasteiger partial charge in [0.05, 0.1) is 0 Å². The Kier molecular flexibility index (Phi) is 67.0. The highest BCUT2D eigenvalue weighted by molar-refractivity contribution is 5.71. The molecule has 0 N–H and O–H groups in total. The fourth-order valence-electron chi connectivity index (χ4n) is 11.3. The number of rotatable bonds is 68. The molecule has 468 valence electrons. The van der Waals surface area contributed by atoms with Gasteiger partial charge in [-0.15, -0.1) is 0 Å². The summed E-state index contributed by atoms with van der Waals surface area (Å²) in [6.45, 7) is 6.68. The molecule has 79 heavy (non-hydrogen) atoms. The molecule has 1 atom stereocenters. The maximum Gasteiger partial charge on any atom is 0.306 e. The van der Waals surface area contributed by atoms with E-state index in [4.69, 9.17) is 14.2 Å². The monoisotopic (exact) mass is 1110 g/mol. The van der Waals surface area contributed by atoms with Gasteiger partial charge in [-0.05, 0) is 44.9 Å². The highest BCUT2D eigenvalue weighted by Crippen LogP contribution is 2.19. The van der Waals surface area contributed by atoms with Crippen LogP contribution in [-0.2, 0) is 28.6 Å². The molecule has 0 aliphatic heterocycles. The van der Waals surface area contributed by atoms with Crippen LogP contribution in [0.25, 0.3) is 0 Å². The highest BCUT2D eigenvalue weighted by atomic mass is 16.6. The molecule has 0 aliphatic carbocycles. The summed E-state index contributed by atoms with van der Waals surface area (Å²) in [4.78, 5) is 38.2. The maximum absolute atomic E-state index is 12.9. The minimum atomic E-state index is -0.763. The van der Waals surface area contributed by atoms with E-state index in [0.717, 1.165) is 57.8 Å². The van der Waals surface area contributed by atoms with E-state index >= 15 is 0 Å². The molecule has 0 aromatic carbocycles. The van der Waals surface area contributed by atoms with Crippen LogP contribution in [-0.4, -0.2) is 37.2 Å². The minimum Gasteiger partial charge on any atom is -0.462 e. The first-order valence-corrected chi connectivity index (χ1v) is 36.2. The smallest absolute Gasteiger partial charge is 0.306 e. The van der Waals surface area contributed by atoms with Gasteiger partial charge in [-0.3, -0.25) is 14.4 Å². The number of allylic oxidation sites excluding steroid dienone is 2. The van der Waals surface area contributed by atoms with Gasteiger partial charge in [0.1, 0.15) is 13.2 Å². The normalized spacial score (nSPS) is 12.0. The lowest BCUT2D eigenvalue weighted by Gasteiger charge is -2.18. The molecule has 0 aromatic rings. The lowest BCUT2D eigenvalue weighted by atomic mass is 10.0. The summed E-state index contributed by atoms with van der Waals surface area (Å²) in [6, 6.07) is 0. The average molecular weight is 1110 g/mol. The van der Waals surface area contributed by atoms with E-state index in [9.17, 15) is 14.4 Å². The molecule has 0 aromatic heterocycles. The number of carbonyl (C=O) groups is 3. The third kappa shape index (κ3) is 66.8. The van der Waals surface area contributed by atoms with Crippen LogP contribution >= 0.6 is 0 Å². The Labute approximate surface area is 494 Å². The molecule has 0 aliphatic rings. The summed E-state index contributed by atoms with van der Waals surface area (Å²) in [5.74, 6) is -0.836. The molecule has 0 saturated carbocycles. The predicted molar refractivity (Wildman–Crippen MR) is 344 cm³/mol. The average Bonchev–Trinajstić information content (AvgIpc) is 3.45. The van der Waals surface area contributed by atoms with E-state index in [1.165, 1.54) is 321 Å². The fraction of sp³-hybridized carbons (Fsp3) is 0.932. The van der Waals surface area contributed by atoms with E-state index in [0.29, 0.717) is 19.3 Å². The van der Waals surface area contributed by atoms with Crippen molar-refractivity contribution in [3.63, 3.8) is 0 Å². The topological polar surface area (TPSA) is 78.9 Å². The molecule has 6 heteroatoms. The zero-order valence-corrected chi connectivity index (χ0v) is 53.9. The van der Waals surface area contributed by atoms with Crippen molar-refractivity contribution >= 4 is 17.9 Å². The third-order valence-electron chi connectivity index (χ3n) is 16.8. The van der Waals surface area contributed by atoms with Crippen molar-refractivity contribution in [2.45, 2.75) is 425 Å². The first kappa shape index (κ1) is 77.2. The number of carbonyl (C=O) groups excluding carboxylic acids is 3. The second-order valence-electron chi connectivity index (χ2n) is 24.9. The summed E-state index contributed by atoms with van der Waals surface area (Å²) in [6.07, 6.45) is 82.9. The van der Waals surface area contributed by atoms with Gasteiger partial charge in [0.15, 0.2) is 6.10 Å². The predicted octanol–water partition coefficient (Wildman–Crippen LogP) is 24.8. The Hall–Kier alpha value is -1.85. The molecule has 0 bridgehead atoms. The fourth-order valence-corrected chi connectivity index (χ4v) is 11.3. The Morgan fingerprint density at radius 1 is 0.241 bits per heavy atom. The van der Waals surface area contributed by atoms with Gasteiger partial charge in [-0.1, -0.05) is 367 Å². The second kappa shape index (κ2) is 68.6. The van der Waals surface area contributed by atoms with E-state index in [1.807, 2.05) is 0 Å². The van der Waals surface area contributed by atoms with Crippen LogP contribution in [0.1, 0.15) is 419 Å². The largest absolute Gasteiger partial charge is 0.462 e. The summed E-state index contributed by atoms with van der Waals surface area (Å²) in [5, 5.41) is 0. The molecule has 0 saturated heterocycles. The Bertz CT molecular complexity index is 1230. The van der Waals surface area contributed by atoms with Crippen LogP contribution in [0.5, 0.6) is 0 Å². The zero-order chi connectivity index (χ0) is 57.1. The van der Waals surface area contributed by atoms with Crippen molar-refractivity contribution in [3.05, 3.63) is 12.2 Å². The van der Waals surface area contributed by atoms with Crippen LogP contribution in [0.3, 0.4) is 0 Å². The van der Waals surface area contributed by atoms with Crippen molar-refractivity contribution in [1.29, 1.82) is 0 Å². The summed E-state index contributed by atoms with van der Waals surface area (Å²) < 4.78 is 16.9. The Balaban J connectivity index is 3.97. The number of unbranched alkanes of at least 4 members (excludes halogenated alkanes) is 55. The number of ether oxygens (including phenoxy) is 3. The second-order valence-corrected chi connectivity index (χ2v) is 24.9. The lowest BCUT2D eigenvalue weighted by Crippen LogP contribution is -2.30. The molecular formula is C73H140O6. The van der Waals surface area contributed by atoms with Crippen LogP contribution in [0, 0.1) is 0 Å². The lowest BCUT2D eigenvalue weighted by molar-refractivity contribution is -0.167. The first-order valence-electron chi connectivity index (χ1n) is 36.2. The van der Waals surface area contributed by atoms with E-state index < -0.39 is 6.10 Å². The minimum absolute atomic E-state index is 0.0628. The Morgan fingerprint density at radius 2 is 0.418 bits per heavy atom. The van der Waals surface area contributed by atoms with Gasteiger partial charge >= 0.3 is 17.9 Å². The molecule has 0 rings (SSSR count). The molecule has 0 amide bonds. The van der Waals surface area contributed by atoms with E-state index in [1.54, 1.807) is 0 Å². The van der Waals surface area contributed by atoms with Crippen LogP contribution in [0.2, 0.25) is 0 Å². The number of hydrogen-bond donors (Lipinski definition) is 0. The van der Waals surface area contributed by atoms with E-state index in [2.05, 4.69) is 32.9 Å². The van der Waals surface area contributed by atoms with Crippen LogP contribution < -0.4 is 0 Å². The molecule has 0 radical (unpaired) electrons. The summed E-state index contributed by atoms with van der Waals surface area (Å²) in [7, 11) is 0. The van der Waals surface area contributed by atoms with Gasteiger partial charge in [0.2, 0.25) is 0 Å². The van der Waals surface area contributed by atoms with Gasteiger partial charge in [-0.2, -0.15) is 0 Å². The van der Waals surface area contributed by atoms with Gasteiger partial charge in [0.25, 0.3) is 0 Å². The van der Waals surface area contributed by atoms with Crippen molar-refractivity contribution < 1.29 is 28.6 Å². The van der Waals surface area contributed by atoms with E-state index in [-0.39, 0.29) is 31.1 Å². The molecular weight excluding hydrogens is 973 g/mol. The van der Waals surface area contributed by atoms with Gasteiger partial charge in [-0.25, -0.2) is 0 Å². The molecule has 0 spiro atoms. The SMILES string of the molecule is CCCCCCCCCC/C=C\CCCCCCCCCCCCCCCCCCCCCC(=O)OCC(COC(=O)CCCCCCCCC)OC(=O)CCCCCCCCCCCCCCCCCCCCCCCCC. The maximum atomic E-state index is 12.9. The van der Waals surface area contributed by atoms with Crippen molar-refractivity contribution in [3.8, 4) is 0 Å². The van der Waals surface area contributed by atoms with Crippen molar-refractivity contribution in [2.24, 2.45) is 0 Å². The quantitative estimate of drug-likeness (QED) is 0.0261. The summed E-state index contributed by atoms with van der Waals surface area (Å²) >= 11 is 0.